The van der Waals surface area contributed by atoms with Gasteiger partial charge in [0.15, 0.2) is 0 Å². The van der Waals surface area contributed by atoms with Crippen LogP contribution in [0.25, 0.3) is 0 Å². The van der Waals surface area contributed by atoms with Gasteiger partial charge in [-0.05, 0) is 57.5 Å². The van der Waals surface area contributed by atoms with Crippen molar-refractivity contribution in [3.63, 3.8) is 0 Å². The predicted octanol–water partition coefficient (Wildman–Crippen LogP) is 1.20. The Balaban J connectivity index is 1.67. The van der Waals surface area contributed by atoms with Crippen molar-refractivity contribution in [2.24, 2.45) is 5.92 Å². The van der Waals surface area contributed by atoms with E-state index in [1.807, 2.05) is 0 Å². The molecule has 0 aromatic heterocycles. The molecule has 1 amide bonds. The summed E-state index contributed by atoms with van der Waals surface area (Å²) in [5.74, 6) is 0.706. The minimum absolute atomic E-state index is 0.00698. The van der Waals surface area contributed by atoms with Gasteiger partial charge < -0.3 is 20.5 Å². The normalized spacial score (nSPS) is 31.0. The molecule has 5 nitrogen and oxygen atoms in total. The summed E-state index contributed by atoms with van der Waals surface area (Å²) in [6.45, 7) is 4.76. The summed E-state index contributed by atoms with van der Waals surface area (Å²) in [7, 11) is 0. The molecule has 2 aliphatic rings. The standard InChI is InChI=1S/C16H30N2O3/c1-13-2-7-16(12-19,8-3-13)18-15(20)6-11-21-14-4-9-17-10-5-14/h13-14,17,19H,2-12H2,1H3,(H,18,20). The monoisotopic (exact) mass is 298 g/mol. The molecule has 0 aromatic carbocycles. The molecular formula is C16H30N2O3. The van der Waals surface area contributed by atoms with Gasteiger partial charge in [-0.15, -0.1) is 0 Å². The molecule has 0 radical (unpaired) electrons. The Hall–Kier alpha value is -0.650. The van der Waals surface area contributed by atoms with Gasteiger partial charge in [0, 0.05) is 6.42 Å². The molecule has 1 saturated carbocycles. The summed E-state index contributed by atoms with van der Waals surface area (Å²) >= 11 is 0. The molecule has 0 bridgehead atoms. The molecule has 0 aromatic rings. The number of nitrogens with one attached hydrogen (secondary N) is 2. The second kappa shape index (κ2) is 8.11. The topological polar surface area (TPSA) is 70.6 Å². The maximum absolute atomic E-state index is 12.1. The van der Waals surface area contributed by atoms with Gasteiger partial charge in [-0.25, -0.2) is 0 Å². The summed E-state index contributed by atoms with van der Waals surface area (Å²) in [5, 5.41) is 16.0. The van der Waals surface area contributed by atoms with Crippen molar-refractivity contribution in [2.75, 3.05) is 26.3 Å². The minimum atomic E-state index is -0.391. The first-order valence-electron chi connectivity index (χ1n) is 8.38. The van der Waals surface area contributed by atoms with E-state index in [0.29, 0.717) is 25.0 Å². The van der Waals surface area contributed by atoms with E-state index >= 15 is 0 Å². The van der Waals surface area contributed by atoms with Crippen LogP contribution >= 0.6 is 0 Å². The van der Waals surface area contributed by atoms with Gasteiger partial charge in [0.25, 0.3) is 0 Å². The van der Waals surface area contributed by atoms with Crippen molar-refractivity contribution in [1.29, 1.82) is 0 Å². The lowest BCUT2D eigenvalue weighted by Gasteiger charge is -2.38. The summed E-state index contributed by atoms with van der Waals surface area (Å²) in [6, 6.07) is 0. The lowest BCUT2D eigenvalue weighted by atomic mass is 9.77. The summed E-state index contributed by atoms with van der Waals surface area (Å²) in [6.07, 6.45) is 6.65. The molecule has 1 aliphatic heterocycles. The number of hydrogen-bond acceptors (Lipinski definition) is 4. The first-order valence-corrected chi connectivity index (χ1v) is 8.38. The van der Waals surface area contributed by atoms with Gasteiger partial charge in [0.05, 0.1) is 24.9 Å². The number of aliphatic hydroxyl groups is 1. The van der Waals surface area contributed by atoms with Crippen LogP contribution in [0.1, 0.15) is 51.9 Å². The zero-order valence-electron chi connectivity index (χ0n) is 13.2. The number of rotatable bonds is 6. The SMILES string of the molecule is CC1CCC(CO)(NC(=O)CCOC2CCNCC2)CC1. The highest BCUT2D eigenvalue weighted by Gasteiger charge is 2.34. The highest BCUT2D eigenvalue weighted by atomic mass is 16.5. The molecule has 5 heteroatoms. The molecule has 2 rings (SSSR count). The molecule has 1 saturated heterocycles. The van der Waals surface area contributed by atoms with Gasteiger partial charge in [0.2, 0.25) is 5.91 Å². The smallest absolute Gasteiger partial charge is 0.222 e. The van der Waals surface area contributed by atoms with Crippen LogP contribution in [0, 0.1) is 5.92 Å². The maximum Gasteiger partial charge on any atom is 0.222 e. The van der Waals surface area contributed by atoms with Crippen LogP contribution in [0.4, 0.5) is 0 Å². The Bertz CT molecular complexity index is 321. The Morgan fingerprint density at radius 2 is 1.95 bits per heavy atom. The summed E-state index contributed by atoms with van der Waals surface area (Å²) in [5.41, 5.74) is -0.391. The van der Waals surface area contributed by atoms with Crippen molar-refractivity contribution in [1.82, 2.24) is 10.6 Å². The molecule has 122 valence electrons. The highest BCUT2D eigenvalue weighted by molar-refractivity contribution is 5.76. The summed E-state index contributed by atoms with van der Waals surface area (Å²) < 4.78 is 5.76. The van der Waals surface area contributed by atoms with Crippen LogP contribution in [-0.4, -0.2) is 49.0 Å². The van der Waals surface area contributed by atoms with Crippen LogP contribution < -0.4 is 10.6 Å². The van der Waals surface area contributed by atoms with Crippen molar-refractivity contribution in [2.45, 2.75) is 63.5 Å². The minimum Gasteiger partial charge on any atom is -0.394 e. The van der Waals surface area contributed by atoms with Crippen molar-refractivity contribution >= 4 is 5.91 Å². The molecule has 1 aliphatic carbocycles. The van der Waals surface area contributed by atoms with E-state index in [1.54, 1.807) is 0 Å². The Morgan fingerprint density at radius 3 is 2.57 bits per heavy atom. The lowest BCUT2D eigenvalue weighted by Crippen LogP contribution is -2.53. The Kier molecular flexibility index (Phi) is 6.45. The second-order valence-electron chi connectivity index (χ2n) is 6.74. The van der Waals surface area contributed by atoms with E-state index in [4.69, 9.17) is 4.74 Å². The van der Waals surface area contributed by atoms with E-state index in [2.05, 4.69) is 17.6 Å². The van der Waals surface area contributed by atoms with E-state index in [1.165, 1.54) is 0 Å². The molecule has 1 heterocycles. The van der Waals surface area contributed by atoms with Crippen LogP contribution in [0.3, 0.4) is 0 Å². The van der Waals surface area contributed by atoms with Gasteiger partial charge in [-0.3, -0.25) is 4.79 Å². The van der Waals surface area contributed by atoms with Gasteiger partial charge in [-0.2, -0.15) is 0 Å². The molecule has 21 heavy (non-hydrogen) atoms. The van der Waals surface area contributed by atoms with Crippen LogP contribution in [0.15, 0.2) is 0 Å². The number of hydrogen-bond donors (Lipinski definition) is 3. The summed E-state index contributed by atoms with van der Waals surface area (Å²) in [4.78, 5) is 12.1. The van der Waals surface area contributed by atoms with Gasteiger partial charge in [-0.1, -0.05) is 6.92 Å². The maximum atomic E-state index is 12.1. The van der Waals surface area contributed by atoms with Crippen LogP contribution in [0.2, 0.25) is 0 Å². The van der Waals surface area contributed by atoms with E-state index in [0.717, 1.165) is 51.6 Å². The third-order valence-electron chi connectivity index (χ3n) is 4.91. The van der Waals surface area contributed by atoms with Gasteiger partial charge in [0.1, 0.15) is 0 Å². The van der Waals surface area contributed by atoms with Gasteiger partial charge >= 0.3 is 0 Å². The average molecular weight is 298 g/mol. The fourth-order valence-electron chi connectivity index (χ4n) is 3.28. The predicted molar refractivity (Wildman–Crippen MR) is 82.1 cm³/mol. The first-order chi connectivity index (χ1) is 10.1. The van der Waals surface area contributed by atoms with E-state index in [-0.39, 0.29) is 12.5 Å². The fourth-order valence-corrected chi connectivity index (χ4v) is 3.28. The van der Waals surface area contributed by atoms with Crippen molar-refractivity contribution < 1.29 is 14.6 Å². The molecule has 0 atom stereocenters. The molecular weight excluding hydrogens is 268 g/mol. The third kappa shape index (κ3) is 5.24. The highest BCUT2D eigenvalue weighted by Crippen LogP contribution is 2.31. The Labute approximate surface area is 127 Å². The number of carbonyl (C=O) groups excluding carboxylic acids is 1. The quantitative estimate of drug-likeness (QED) is 0.689. The molecule has 0 unspecified atom stereocenters. The number of aliphatic hydroxyl groups excluding tert-OH is 1. The first kappa shape index (κ1) is 16.7. The Morgan fingerprint density at radius 1 is 1.29 bits per heavy atom. The molecule has 0 spiro atoms. The number of carbonyl (C=O) groups is 1. The van der Waals surface area contributed by atoms with Crippen LogP contribution in [0.5, 0.6) is 0 Å². The lowest BCUT2D eigenvalue weighted by molar-refractivity contribution is -0.126. The molecule has 2 fully saturated rings. The van der Waals surface area contributed by atoms with Crippen LogP contribution in [-0.2, 0) is 9.53 Å². The van der Waals surface area contributed by atoms with E-state index < -0.39 is 5.54 Å². The average Bonchev–Trinajstić information content (AvgIpc) is 2.51. The molecule has 3 N–H and O–H groups in total. The fraction of sp³-hybridized carbons (Fsp3) is 0.938. The van der Waals surface area contributed by atoms with E-state index in [9.17, 15) is 9.90 Å². The van der Waals surface area contributed by atoms with Crippen molar-refractivity contribution in [3.05, 3.63) is 0 Å². The largest absolute Gasteiger partial charge is 0.394 e. The zero-order valence-corrected chi connectivity index (χ0v) is 13.2. The number of piperidine rings is 1. The second-order valence-corrected chi connectivity index (χ2v) is 6.74. The zero-order chi connectivity index (χ0) is 15.1. The number of ether oxygens (including phenoxy) is 1. The van der Waals surface area contributed by atoms with Crippen molar-refractivity contribution in [3.8, 4) is 0 Å². The number of amides is 1. The third-order valence-corrected chi connectivity index (χ3v) is 4.91.